The molecule has 9 atom stereocenters. The molecule has 7 rings (SSSR count). The van der Waals surface area contributed by atoms with Crippen LogP contribution in [0.25, 0.3) is 0 Å². The highest BCUT2D eigenvalue weighted by molar-refractivity contribution is 5.77. The van der Waals surface area contributed by atoms with Gasteiger partial charge in [-0.3, -0.25) is 4.79 Å². The summed E-state index contributed by atoms with van der Waals surface area (Å²) >= 11 is 0. The Balaban J connectivity index is 1.47. The fraction of sp³-hybridized carbons (Fsp3) is 0.900. The average molecular weight is 487 g/mol. The van der Waals surface area contributed by atoms with Crippen LogP contribution in [0.15, 0.2) is 11.6 Å². The molecule has 4 saturated carbocycles. The molecular weight excluding hydrogens is 440 g/mol. The topological polar surface area (TPSA) is 87.0 Å². The van der Waals surface area contributed by atoms with Crippen molar-refractivity contribution in [1.29, 1.82) is 0 Å². The highest BCUT2D eigenvalue weighted by Crippen LogP contribution is 2.77. The number of carboxylic acids is 1. The third-order valence-electron chi connectivity index (χ3n) is 13.5. The standard InChI is InChI=1S/C30H46O5/c1-24(2)15-19-18-7-8-21-27(6,26(18,5)11-13-29(19,23(32)33)22(31)16-24)10-9-20-25(3,4)30(34)14-12-28(20,21)17-35-30/h7,19-22,31,34H,8-17H2,1-6H3,(H,32,33)/t19-,20-,21-,22+,26+,27+,28+,29-,30+/m0/s1. The van der Waals surface area contributed by atoms with Gasteiger partial charge in [0.1, 0.15) is 5.41 Å². The molecule has 6 fully saturated rings. The number of allylic oxidation sites excluding steroid dienone is 2. The van der Waals surface area contributed by atoms with Crippen molar-refractivity contribution in [3.8, 4) is 0 Å². The van der Waals surface area contributed by atoms with Crippen molar-refractivity contribution < 1.29 is 24.9 Å². The Morgan fingerprint density at radius 3 is 2.31 bits per heavy atom. The number of ether oxygens (including phenoxy) is 1. The first-order chi connectivity index (χ1) is 16.1. The molecule has 5 nitrogen and oxygen atoms in total. The van der Waals surface area contributed by atoms with Gasteiger partial charge in [0, 0.05) is 17.3 Å². The van der Waals surface area contributed by atoms with Crippen LogP contribution in [-0.4, -0.2) is 39.8 Å². The Labute approximate surface area is 210 Å². The van der Waals surface area contributed by atoms with Gasteiger partial charge in [0.15, 0.2) is 5.79 Å². The molecule has 0 aromatic rings. The highest BCUT2D eigenvalue weighted by atomic mass is 16.6. The van der Waals surface area contributed by atoms with Crippen LogP contribution in [0.4, 0.5) is 0 Å². The monoisotopic (exact) mass is 486 g/mol. The summed E-state index contributed by atoms with van der Waals surface area (Å²) in [6.07, 6.45) is 9.28. The summed E-state index contributed by atoms with van der Waals surface area (Å²) < 4.78 is 6.30. The lowest BCUT2D eigenvalue weighted by Crippen LogP contribution is -2.73. The van der Waals surface area contributed by atoms with Gasteiger partial charge in [-0.25, -0.2) is 0 Å². The molecule has 2 heterocycles. The second-order valence-corrected chi connectivity index (χ2v) is 15.3. The third-order valence-corrected chi connectivity index (χ3v) is 13.5. The molecule has 1 spiro atoms. The van der Waals surface area contributed by atoms with Gasteiger partial charge in [-0.2, -0.15) is 0 Å². The van der Waals surface area contributed by atoms with Crippen molar-refractivity contribution in [3.63, 3.8) is 0 Å². The van der Waals surface area contributed by atoms with E-state index in [4.69, 9.17) is 4.74 Å². The predicted molar refractivity (Wildman–Crippen MR) is 133 cm³/mol. The van der Waals surface area contributed by atoms with E-state index in [1.165, 1.54) is 5.57 Å². The van der Waals surface area contributed by atoms with Gasteiger partial charge in [0.2, 0.25) is 0 Å². The van der Waals surface area contributed by atoms with E-state index in [9.17, 15) is 20.1 Å². The van der Waals surface area contributed by atoms with Crippen molar-refractivity contribution in [2.45, 2.75) is 111 Å². The van der Waals surface area contributed by atoms with Gasteiger partial charge in [-0.05, 0) is 85.4 Å². The number of hydrogen-bond acceptors (Lipinski definition) is 4. The van der Waals surface area contributed by atoms with Crippen molar-refractivity contribution in [2.24, 2.45) is 50.2 Å². The lowest BCUT2D eigenvalue weighted by Gasteiger charge is -2.74. The normalized spacial score (nSPS) is 55.6. The number of aliphatic hydroxyl groups excluding tert-OH is 1. The Hall–Kier alpha value is -0.910. The predicted octanol–water partition coefficient (Wildman–Crippen LogP) is 5.54. The van der Waals surface area contributed by atoms with E-state index in [0.717, 1.165) is 38.5 Å². The summed E-state index contributed by atoms with van der Waals surface area (Å²) in [6, 6.07) is 0. The zero-order valence-corrected chi connectivity index (χ0v) is 22.6. The van der Waals surface area contributed by atoms with Crippen LogP contribution in [0, 0.1) is 50.2 Å². The highest BCUT2D eigenvalue weighted by Gasteiger charge is 2.74. The first kappa shape index (κ1) is 24.4. The Bertz CT molecular complexity index is 987. The lowest BCUT2D eigenvalue weighted by molar-refractivity contribution is -0.395. The molecule has 5 aliphatic carbocycles. The van der Waals surface area contributed by atoms with Crippen LogP contribution in [-0.2, 0) is 9.53 Å². The molecular formula is C30H46O5. The minimum atomic E-state index is -1.06. The quantitative estimate of drug-likeness (QED) is 0.424. The largest absolute Gasteiger partial charge is 0.481 e. The van der Waals surface area contributed by atoms with Crippen LogP contribution < -0.4 is 0 Å². The number of aliphatic hydroxyl groups is 2. The van der Waals surface area contributed by atoms with Crippen LogP contribution >= 0.6 is 0 Å². The minimum Gasteiger partial charge on any atom is -0.481 e. The zero-order chi connectivity index (χ0) is 25.4. The Morgan fingerprint density at radius 1 is 0.971 bits per heavy atom. The molecule has 3 N–H and O–H groups in total. The number of carbonyl (C=O) groups is 1. The average Bonchev–Trinajstić information content (AvgIpc) is 2.74. The zero-order valence-electron chi connectivity index (χ0n) is 22.6. The summed E-state index contributed by atoms with van der Waals surface area (Å²) in [5.74, 6) is -1.03. The molecule has 0 aromatic heterocycles. The SMILES string of the molecule is CC1(C)C[C@@H](O)[C@]2(C(=O)O)CC[C@]3(C)C(=CC[C@@H]4[C@]56CC[C@@](O)(OC5)C(C)(C)[C@@H]6CC[C@]43C)[C@@H]2C1. The number of rotatable bonds is 1. The van der Waals surface area contributed by atoms with E-state index < -0.39 is 23.3 Å². The summed E-state index contributed by atoms with van der Waals surface area (Å²) in [6.45, 7) is 14.4. The van der Waals surface area contributed by atoms with Crippen LogP contribution in [0.2, 0.25) is 0 Å². The van der Waals surface area contributed by atoms with E-state index in [1.54, 1.807) is 0 Å². The fourth-order valence-electron chi connectivity index (χ4n) is 11.2. The Morgan fingerprint density at radius 2 is 1.69 bits per heavy atom. The van der Waals surface area contributed by atoms with Crippen molar-refractivity contribution in [2.75, 3.05) is 6.61 Å². The van der Waals surface area contributed by atoms with Gasteiger partial charge in [0.05, 0.1) is 12.7 Å². The maximum Gasteiger partial charge on any atom is 0.312 e. The van der Waals surface area contributed by atoms with Crippen LogP contribution in [0.5, 0.6) is 0 Å². The van der Waals surface area contributed by atoms with E-state index in [-0.39, 0.29) is 33.0 Å². The van der Waals surface area contributed by atoms with Gasteiger partial charge >= 0.3 is 5.97 Å². The summed E-state index contributed by atoms with van der Waals surface area (Å²) in [5, 5.41) is 33.2. The second kappa shape index (κ2) is 6.74. The minimum absolute atomic E-state index is 0.0526. The van der Waals surface area contributed by atoms with Gasteiger partial charge in [-0.15, -0.1) is 0 Å². The van der Waals surface area contributed by atoms with Gasteiger partial charge in [-0.1, -0.05) is 53.2 Å². The number of aliphatic carboxylic acids is 1. The summed E-state index contributed by atoms with van der Waals surface area (Å²) in [5.41, 5.74) is -0.0347. The lowest BCUT2D eigenvalue weighted by atomic mass is 9.32. The van der Waals surface area contributed by atoms with Crippen LogP contribution in [0.3, 0.4) is 0 Å². The van der Waals surface area contributed by atoms with Gasteiger partial charge in [0.25, 0.3) is 0 Å². The Kier molecular flexibility index (Phi) is 4.71. The first-order valence-electron chi connectivity index (χ1n) is 14.1. The number of carboxylic acid groups (broad SMARTS) is 1. The molecule has 35 heavy (non-hydrogen) atoms. The molecule has 0 amide bonds. The first-order valence-corrected chi connectivity index (χ1v) is 14.1. The smallest absolute Gasteiger partial charge is 0.312 e. The fourth-order valence-corrected chi connectivity index (χ4v) is 11.2. The second-order valence-electron chi connectivity index (χ2n) is 15.3. The van der Waals surface area contributed by atoms with E-state index in [2.05, 4.69) is 47.6 Å². The van der Waals surface area contributed by atoms with Crippen molar-refractivity contribution >= 4 is 5.97 Å². The molecule has 2 aliphatic heterocycles. The summed E-state index contributed by atoms with van der Waals surface area (Å²) in [4.78, 5) is 12.8. The molecule has 0 radical (unpaired) electrons. The van der Waals surface area contributed by atoms with Crippen molar-refractivity contribution in [1.82, 2.24) is 0 Å². The van der Waals surface area contributed by atoms with Crippen LogP contribution in [0.1, 0.15) is 99.3 Å². The molecule has 0 aromatic carbocycles. The molecule has 2 bridgehead atoms. The maximum atomic E-state index is 12.8. The number of hydrogen-bond donors (Lipinski definition) is 3. The summed E-state index contributed by atoms with van der Waals surface area (Å²) in [7, 11) is 0. The third kappa shape index (κ3) is 2.59. The number of fused-ring (bicyclic) bond motifs is 7. The van der Waals surface area contributed by atoms with E-state index >= 15 is 0 Å². The molecule has 0 unspecified atom stereocenters. The van der Waals surface area contributed by atoms with E-state index in [1.807, 2.05) is 0 Å². The molecule has 7 aliphatic rings. The molecule has 5 heteroatoms. The maximum absolute atomic E-state index is 12.8. The van der Waals surface area contributed by atoms with Crippen molar-refractivity contribution in [3.05, 3.63) is 11.6 Å². The molecule has 196 valence electrons. The molecule has 2 saturated heterocycles. The van der Waals surface area contributed by atoms with Gasteiger partial charge < -0.3 is 20.1 Å². The van der Waals surface area contributed by atoms with E-state index in [0.29, 0.717) is 37.7 Å².